The van der Waals surface area contributed by atoms with E-state index < -0.39 is 0 Å². The molecule has 0 fully saturated rings. The van der Waals surface area contributed by atoms with Crippen molar-refractivity contribution in [1.82, 2.24) is 10.2 Å². The lowest BCUT2D eigenvalue weighted by Gasteiger charge is -2.03. The lowest BCUT2D eigenvalue weighted by atomic mass is 10.2. The lowest BCUT2D eigenvalue weighted by Crippen LogP contribution is -1.97. The van der Waals surface area contributed by atoms with Crippen LogP contribution in [0.25, 0.3) is 10.9 Å². The molecule has 2 heterocycles. The van der Waals surface area contributed by atoms with Gasteiger partial charge in [-0.1, -0.05) is 0 Å². The van der Waals surface area contributed by atoms with E-state index in [1.54, 1.807) is 6.26 Å². The van der Waals surface area contributed by atoms with Crippen LogP contribution in [0.3, 0.4) is 0 Å². The number of H-pyrrole nitrogens is 1. The number of aromatic nitrogens is 2. The van der Waals surface area contributed by atoms with Crippen LogP contribution in [-0.4, -0.2) is 10.2 Å². The monoisotopic (exact) mass is 213 g/mol. The number of nitrogens with one attached hydrogen (secondary N) is 2. The number of anilines is 1. The third-order valence-corrected chi connectivity index (χ3v) is 2.49. The van der Waals surface area contributed by atoms with Gasteiger partial charge in [0.1, 0.15) is 5.76 Å². The van der Waals surface area contributed by atoms with Gasteiger partial charge in [0.2, 0.25) is 0 Å². The van der Waals surface area contributed by atoms with Gasteiger partial charge in [0, 0.05) is 11.1 Å². The smallest absolute Gasteiger partial charge is 0.122 e. The molecule has 4 nitrogen and oxygen atoms in total. The zero-order valence-electron chi connectivity index (χ0n) is 8.60. The van der Waals surface area contributed by atoms with Crippen molar-refractivity contribution in [3.8, 4) is 0 Å². The van der Waals surface area contributed by atoms with Gasteiger partial charge in [0.15, 0.2) is 0 Å². The minimum atomic E-state index is 0.687. The van der Waals surface area contributed by atoms with Crippen molar-refractivity contribution in [1.29, 1.82) is 0 Å². The fraction of sp³-hybridized carbons (Fsp3) is 0.0833. The Morgan fingerprint density at radius 2 is 2.31 bits per heavy atom. The van der Waals surface area contributed by atoms with Crippen molar-refractivity contribution in [2.75, 3.05) is 5.32 Å². The summed E-state index contributed by atoms with van der Waals surface area (Å²) in [5, 5.41) is 11.3. The molecule has 0 unspecified atom stereocenters. The van der Waals surface area contributed by atoms with Crippen LogP contribution in [0.15, 0.2) is 47.2 Å². The van der Waals surface area contributed by atoms with E-state index in [0.29, 0.717) is 6.54 Å². The van der Waals surface area contributed by atoms with Crippen LogP contribution in [0.2, 0.25) is 0 Å². The third-order valence-electron chi connectivity index (χ3n) is 2.49. The number of fused-ring (bicyclic) bond motifs is 1. The van der Waals surface area contributed by atoms with Gasteiger partial charge < -0.3 is 9.73 Å². The molecule has 1 aromatic carbocycles. The first kappa shape index (κ1) is 9.03. The fourth-order valence-electron chi connectivity index (χ4n) is 1.65. The Labute approximate surface area is 92.3 Å². The molecule has 3 rings (SSSR count). The Morgan fingerprint density at radius 1 is 1.31 bits per heavy atom. The molecule has 0 atom stereocenters. The summed E-state index contributed by atoms with van der Waals surface area (Å²) in [5.41, 5.74) is 2.08. The van der Waals surface area contributed by atoms with Gasteiger partial charge in [-0.15, -0.1) is 0 Å². The molecule has 4 heteroatoms. The molecule has 0 bridgehead atoms. The maximum Gasteiger partial charge on any atom is 0.122 e. The number of furan rings is 1. The summed E-state index contributed by atoms with van der Waals surface area (Å²) in [6.45, 7) is 0.687. The minimum Gasteiger partial charge on any atom is -0.467 e. The van der Waals surface area contributed by atoms with E-state index in [-0.39, 0.29) is 0 Å². The standard InChI is InChI=1S/C12H11N3O/c1-2-11(16-5-1)8-13-10-4-3-9-7-14-15-12(9)6-10/h1-7,13H,8H2,(H,14,15). The van der Waals surface area contributed by atoms with Crippen molar-refractivity contribution in [3.05, 3.63) is 48.6 Å². The quantitative estimate of drug-likeness (QED) is 0.703. The second kappa shape index (κ2) is 3.73. The van der Waals surface area contributed by atoms with Crippen molar-refractivity contribution >= 4 is 16.6 Å². The molecule has 3 aromatic rings. The number of benzene rings is 1. The van der Waals surface area contributed by atoms with E-state index in [9.17, 15) is 0 Å². The summed E-state index contributed by atoms with van der Waals surface area (Å²) in [4.78, 5) is 0. The van der Waals surface area contributed by atoms with Crippen LogP contribution in [0.1, 0.15) is 5.76 Å². The van der Waals surface area contributed by atoms with Crippen LogP contribution < -0.4 is 5.32 Å². The topological polar surface area (TPSA) is 53.9 Å². The van der Waals surface area contributed by atoms with Gasteiger partial charge in [-0.3, -0.25) is 5.10 Å². The first-order valence-corrected chi connectivity index (χ1v) is 5.11. The molecule has 0 saturated heterocycles. The number of nitrogens with zero attached hydrogens (tertiary/aromatic N) is 1. The molecule has 0 spiro atoms. The van der Waals surface area contributed by atoms with Crippen molar-refractivity contribution in [2.45, 2.75) is 6.54 Å². The molecule has 0 aliphatic carbocycles. The molecular weight excluding hydrogens is 202 g/mol. The highest BCUT2D eigenvalue weighted by Crippen LogP contribution is 2.17. The molecule has 2 N–H and O–H groups in total. The fourth-order valence-corrected chi connectivity index (χ4v) is 1.65. The van der Waals surface area contributed by atoms with E-state index in [1.807, 2.05) is 36.5 Å². The zero-order chi connectivity index (χ0) is 10.8. The predicted molar refractivity (Wildman–Crippen MR) is 62.1 cm³/mol. The van der Waals surface area contributed by atoms with Crippen molar-refractivity contribution in [2.24, 2.45) is 0 Å². The van der Waals surface area contributed by atoms with Crippen molar-refractivity contribution in [3.63, 3.8) is 0 Å². The van der Waals surface area contributed by atoms with Crippen molar-refractivity contribution < 1.29 is 4.42 Å². The predicted octanol–water partition coefficient (Wildman–Crippen LogP) is 2.77. The Balaban J connectivity index is 1.78. The molecule has 0 saturated carbocycles. The Morgan fingerprint density at radius 3 is 3.19 bits per heavy atom. The van der Waals surface area contributed by atoms with E-state index in [0.717, 1.165) is 22.4 Å². The molecule has 80 valence electrons. The molecule has 16 heavy (non-hydrogen) atoms. The summed E-state index contributed by atoms with van der Waals surface area (Å²) < 4.78 is 5.25. The number of aromatic amines is 1. The van der Waals surface area contributed by atoms with Gasteiger partial charge in [-0.05, 0) is 30.3 Å². The van der Waals surface area contributed by atoms with Gasteiger partial charge in [-0.2, -0.15) is 5.10 Å². The second-order valence-corrected chi connectivity index (χ2v) is 3.60. The average Bonchev–Trinajstić information content (AvgIpc) is 2.97. The SMILES string of the molecule is c1coc(CNc2ccc3cn[nH]c3c2)c1. The number of rotatable bonds is 3. The summed E-state index contributed by atoms with van der Waals surface area (Å²) >= 11 is 0. The van der Waals surface area contributed by atoms with E-state index >= 15 is 0 Å². The first-order chi connectivity index (χ1) is 7.92. The lowest BCUT2D eigenvalue weighted by molar-refractivity contribution is 0.518. The summed E-state index contributed by atoms with van der Waals surface area (Å²) in [7, 11) is 0. The Bertz CT molecular complexity index is 583. The van der Waals surface area contributed by atoms with Gasteiger partial charge in [-0.25, -0.2) is 0 Å². The van der Waals surface area contributed by atoms with Crippen LogP contribution in [0.4, 0.5) is 5.69 Å². The molecule has 0 amide bonds. The highest BCUT2D eigenvalue weighted by Gasteiger charge is 1.99. The van der Waals surface area contributed by atoms with Crippen LogP contribution in [0, 0.1) is 0 Å². The molecule has 0 aliphatic heterocycles. The van der Waals surface area contributed by atoms with Crippen LogP contribution in [-0.2, 0) is 6.54 Å². The summed E-state index contributed by atoms with van der Waals surface area (Å²) in [6, 6.07) is 9.92. The number of hydrogen-bond donors (Lipinski definition) is 2. The highest BCUT2D eigenvalue weighted by molar-refractivity contribution is 5.81. The molecule has 0 aliphatic rings. The zero-order valence-corrected chi connectivity index (χ0v) is 8.60. The van der Waals surface area contributed by atoms with Crippen LogP contribution in [0.5, 0.6) is 0 Å². The van der Waals surface area contributed by atoms with E-state index in [4.69, 9.17) is 4.42 Å². The molecule has 2 aromatic heterocycles. The molecular formula is C12H11N3O. The largest absolute Gasteiger partial charge is 0.467 e. The second-order valence-electron chi connectivity index (χ2n) is 3.60. The van der Waals surface area contributed by atoms with Crippen LogP contribution >= 0.6 is 0 Å². The van der Waals surface area contributed by atoms with E-state index in [1.165, 1.54) is 0 Å². The third kappa shape index (κ3) is 1.65. The number of hydrogen-bond acceptors (Lipinski definition) is 3. The van der Waals surface area contributed by atoms with Gasteiger partial charge in [0.05, 0.1) is 24.5 Å². The van der Waals surface area contributed by atoms with E-state index in [2.05, 4.69) is 15.5 Å². The maximum atomic E-state index is 5.25. The minimum absolute atomic E-state index is 0.687. The summed E-state index contributed by atoms with van der Waals surface area (Å²) in [5.74, 6) is 0.921. The maximum absolute atomic E-state index is 5.25. The normalized spacial score (nSPS) is 10.8. The van der Waals surface area contributed by atoms with Gasteiger partial charge in [0.25, 0.3) is 0 Å². The highest BCUT2D eigenvalue weighted by atomic mass is 16.3. The average molecular weight is 213 g/mol. The van der Waals surface area contributed by atoms with Gasteiger partial charge >= 0.3 is 0 Å². The Hall–Kier alpha value is -2.23. The first-order valence-electron chi connectivity index (χ1n) is 5.11. The summed E-state index contributed by atoms with van der Waals surface area (Å²) in [6.07, 6.45) is 3.49. The Kier molecular flexibility index (Phi) is 2.11. The molecule has 0 radical (unpaired) electrons.